The third-order valence-corrected chi connectivity index (χ3v) is 3.30. The van der Waals surface area contributed by atoms with Gasteiger partial charge in [0.15, 0.2) is 0 Å². The van der Waals surface area contributed by atoms with Gasteiger partial charge < -0.3 is 0 Å². The van der Waals surface area contributed by atoms with Crippen molar-refractivity contribution in [2.45, 2.75) is 13.8 Å². The Morgan fingerprint density at radius 2 is 1.90 bits per heavy atom. The Morgan fingerprint density at radius 3 is 2.67 bits per heavy atom. The molecule has 0 saturated heterocycles. The van der Waals surface area contributed by atoms with Gasteiger partial charge >= 0.3 is 0 Å². The minimum absolute atomic E-state index is 0. The summed E-state index contributed by atoms with van der Waals surface area (Å²) >= 11 is 0. The number of hydrogen-bond acceptors (Lipinski definition) is 3. The fourth-order valence-electron chi connectivity index (χ4n) is 2.29. The van der Waals surface area contributed by atoms with Crippen molar-refractivity contribution in [1.82, 2.24) is 4.98 Å². The Morgan fingerprint density at radius 1 is 1.10 bits per heavy atom. The number of aliphatic imine (C=N–C) groups is 1. The molecular weight excluding hydrogens is 307 g/mol. The van der Waals surface area contributed by atoms with E-state index in [1.165, 1.54) is 11.6 Å². The van der Waals surface area contributed by atoms with E-state index in [1.54, 1.807) is 12.3 Å². The molecule has 21 heavy (non-hydrogen) atoms. The molecule has 1 aliphatic rings. The number of aromatic nitrogens is 1. The molecule has 1 aromatic heterocycles. The monoisotopic (exact) mass is 320 g/mol. The molecule has 3 nitrogen and oxygen atoms in total. The average molecular weight is 321 g/mol. The smallest absolute Gasteiger partial charge is 0.204 e. The average Bonchev–Trinajstić information content (AvgIpc) is 2.45. The topological polar surface area (TPSA) is 42.3 Å². The van der Waals surface area contributed by atoms with Crippen LogP contribution in [0.2, 0.25) is 0 Å². The molecule has 0 N–H and O–H groups in total. The molecule has 0 radical (unpaired) electrons. The van der Waals surface area contributed by atoms with Crippen LogP contribution >= 0.6 is 0 Å². The van der Waals surface area contributed by atoms with Gasteiger partial charge in [-0.05, 0) is 49.8 Å². The van der Waals surface area contributed by atoms with Gasteiger partial charge in [-0.2, -0.15) is 0 Å². The number of hydrogen-bond donors (Lipinski definition) is 0. The number of ketones is 1. The normalized spacial score (nSPS) is 14.8. The minimum Gasteiger partial charge on any atom is -0.288 e. The summed E-state index contributed by atoms with van der Waals surface area (Å²) < 4.78 is 0. The van der Waals surface area contributed by atoms with Crippen LogP contribution in [0.5, 0.6) is 0 Å². The Labute approximate surface area is 133 Å². The van der Waals surface area contributed by atoms with Gasteiger partial charge in [-0.1, -0.05) is 17.7 Å². The SMILES string of the molecule is Cc1ccc(N=C2C=CC(=O)c3ncccc32)c(C)c1.[Ni]. The zero-order valence-electron chi connectivity index (χ0n) is 11.7. The molecule has 0 saturated carbocycles. The van der Waals surface area contributed by atoms with E-state index >= 15 is 0 Å². The van der Waals surface area contributed by atoms with Crippen LogP contribution in [0.1, 0.15) is 27.2 Å². The Balaban J connectivity index is 0.00000161. The van der Waals surface area contributed by atoms with E-state index in [0.717, 1.165) is 22.5 Å². The zero-order valence-corrected chi connectivity index (χ0v) is 12.7. The molecular formula is C17H14N2NiO. The second-order valence-electron chi connectivity index (χ2n) is 4.88. The first kappa shape index (κ1) is 15.3. The summed E-state index contributed by atoms with van der Waals surface area (Å²) in [7, 11) is 0. The maximum Gasteiger partial charge on any atom is 0.204 e. The summed E-state index contributed by atoms with van der Waals surface area (Å²) in [4.78, 5) is 20.6. The fourth-order valence-corrected chi connectivity index (χ4v) is 2.29. The summed E-state index contributed by atoms with van der Waals surface area (Å²) in [5.41, 5.74) is 5.29. The molecule has 1 aliphatic carbocycles. The number of carbonyl (C=O) groups excluding carboxylic acids is 1. The van der Waals surface area contributed by atoms with Gasteiger partial charge in [0.2, 0.25) is 5.78 Å². The summed E-state index contributed by atoms with van der Waals surface area (Å²) in [5, 5.41) is 0. The number of fused-ring (bicyclic) bond motifs is 1. The van der Waals surface area contributed by atoms with Crippen LogP contribution in [0.4, 0.5) is 5.69 Å². The molecule has 1 heterocycles. The first-order valence-corrected chi connectivity index (χ1v) is 6.49. The summed E-state index contributed by atoms with van der Waals surface area (Å²) in [6.07, 6.45) is 4.91. The van der Waals surface area contributed by atoms with E-state index in [2.05, 4.69) is 23.0 Å². The van der Waals surface area contributed by atoms with Gasteiger partial charge in [0.25, 0.3) is 0 Å². The Hall–Kier alpha value is -2.06. The molecule has 0 unspecified atom stereocenters. The fraction of sp³-hybridized carbons (Fsp3) is 0.118. The molecule has 3 rings (SSSR count). The first-order valence-electron chi connectivity index (χ1n) is 6.49. The molecule has 0 bridgehead atoms. The number of benzene rings is 1. The van der Waals surface area contributed by atoms with Crippen molar-refractivity contribution in [1.29, 1.82) is 0 Å². The molecule has 0 spiro atoms. The van der Waals surface area contributed by atoms with Gasteiger partial charge in [0.05, 0.1) is 11.4 Å². The number of rotatable bonds is 1. The van der Waals surface area contributed by atoms with Crippen LogP contribution < -0.4 is 0 Å². The van der Waals surface area contributed by atoms with Crippen molar-refractivity contribution in [3.8, 4) is 0 Å². The van der Waals surface area contributed by atoms with Crippen molar-refractivity contribution in [2.75, 3.05) is 0 Å². The zero-order chi connectivity index (χ0) is 14.1. The summed E-state index contributed by atoms with van der Waals surface area (Å²) in [6, 6.07) is 9.84. The summed E-state index contributed by atoms with van der Waals surface area (Å²) in [5.74, 6) is -0.0693. The van der Waals surface area contributed by atoms with Crippen LogP contribution in [0.3, 0.4) is 0 Å². The molecule has 1 aromatic carbocycles. The van der Waals surface area contributed by atoms with E-state index in [4.69, 9.17) is 0 Å². The van der Waals surface area contributed by atoms with Crippen molar-refractivity contribution in [3.63, 3.8) is 0 Å². The van der Waals surface area contributed by atoms with Gasteiger partial charge in [-0.15, -0.1) is 0 Å². The standard InChI is InChI=1S/C17H14N2O.Ni/c1-11-5-6-14(12(2)10-11)19-15-7-8-16(20)17-13(15)4-3-9-18-17;/h3-10H,1-2H3;. The van der Waals surface area contributed by atoms with Crippen molar-refractivity contribution >= 4 is 17.2 Å². The van der Waals surface area contributed by atoms with Crippen LogP contribution in [0.15, 0.2) is 53.7 Å². The Kier molecular flexibility index (Phi) is 4.49. The van der Waals surface area contributed by atoms with E-state index in [9.17, 15) is 4.79 Å². The van der Waals surface area contributed by atoms with Crippen LogP contribution in [-0.4, -0.2) is 16.5 Å². The molecule has 108 valence electrons. The van der Waals surface area contributed by atoms with Gasteiger partial charge in [-0.3, -0.25) is 9.78 Å². The van der Waals surface area contributed by atoms with Crippen LogP contribution in [0, 0.1) is 13.8 Å². The second kappa shape index (κ2) is 6.15. The predicted molar refractivity (Wildman–Crippen MR) is 79.8 cm³/mol. The van der Waals surface area contributed by atoms with E-state index in [1.807, 2.05) is 31.2 Å². The number of allylic oxidation sites excluding steroid dienone is 2. The van der Waals surface area contributed by atoms with Gasteiger partial charge in [0, 0.05) is 28.3 Å². The van der Waals surface area contributed by atoms with Crippen molar-refractivity contribution in [2.24, 2.45) is 4.99 Å². The van der Waals surface area contributed by atoms with E-state index < -0.39 is 0 Å². The molecule has 4 heteroatoms. The number of pyridine rings is 1. The quantitative estimate of drug-likeness (QED) is 0.754. The third-order valence-electron chi connectivity index (χ3n) is 3.30. The minimum atomic E-state index is -0.0693. The van der Waals surface area contributed by atoms with Gasteiger partial charge in [0.1, 0.15) is 5.69 Å². The van der Waals surface area contributed by atoms with Gasteiger partial charge in [-0.25, -0.2) is 4.99 Å². The molecule has 0 aliphatic heterocycles. The van der Waals surface area contributed by atoms with Crippen LogP contribution in [0.25, 0.3) is 0 Å². The predicted octanol–water partition coefficient (Wildman–Crippen LogP) is 3.57. The van der Waals surface area contributed by atoms with Crippen LogP contribution in [-0.2, 0) is 16.5 Å². The number of nitrogens with zero attached hydrogens (tertiary/aromatic N) is 2. The van der Waals surface area contributed by atoms with Crippen molar-refractivity contribution < 1.29 is 21.3 Å². The maximum absolute atomic E-state index is 11.8. The Bertz CT molecular complexity index is 763. The van der Waals surface area contributed by atoms with Crippen molar-refractivity contribution in [3.05, 3.63) is 71.1 Å². The van der Waals surface area contributed by atoms with E-state index in [0.29, 0.717) is 5.69 Å². The third kappa shape index (κ3) is 3.01. The molecule has 0 fully saturated rings. The number of carbonyl (C=O) groups is 1. The number of aryl methyl sites for hydroxylation is 2. The molecule has 0 amide bonds. The molecule has 0 atom stereocenters. The van der Waals surface area contributed by atoms with E-state index in [-0.39, 0.29) is 22.3 Å². The maximum atomic E-state index is 11.8. The second-order valence-corrected chi connectivity index (χ2v) is 4.88. The first-order chi connectivity index (χ1) is 9.65. The summed E-state index contributed by atoms with van der Waals surface area (Å²) in [6.45, 7) is 4.09. The largest absolute Gasteiger partial charge is 0.288 e. The molecule has 2 aromatic rings.